The molecule has 1 heterocycles. The lowest BCUT2D eigenvalue weighted by Crippen LogP contribution is -2.09. The van der Waals surface area contributed by atoms with Gasteiger partial charge in [-0.15, -0.1) is 0 Å². The Morgan fingerprint density at radius 3 is 2.89 bits per heavy atom. The van der Waals surface area contributed by atoms with Crippen LogP contribution in [0.1, 0.15) is 32.1 Å². The van der Waals surface area contributed by atoms with E-state index in [1.165, 1.54) is 0 Å². The molecular formula is C15H22N2O2. The zero-order chi connectivity index (χ0) is 13.7. The minimum Gasteiger partial charge on any atom is -0.497 e. The maximum absolute atomic E-state index is 5.76. The third-order valence-corrected chi connectivity index (χ3v) is 3.56. The van der Waals surface area contributed by atoms with Crippen molar-refractivity contribution in [2.75, 3.05) is 13.7 Å². The van der Waals surface area contributed by atoms with E-state index in [9.17, 15) is 0 Å². The molecule has 0 spiro atoms. The number of methoxy groups -OCH3 is 1. The summed E-state index contributed by atoms with van der Waals surface area (Å²) in [5, 5.41) is 0. The van der Waals surface area contributed by atoms with Crippen molar-refractivity contribution in [1.29, 1.82) is 0 Å². The molecular weight excluding hydrogens is 240 g/mol. The van der Waals surface area contributed by atoms with E-state index in [1.54, 1.807) is 7.11 Å². The predicted molar refractivity (Wildman–Crippen MR) is 76.3 cm³/mol. The average Bonchev–Trinajstić information content (AvgIpc) is 2.84. The van der Waals surface area contributed by atoms with E-state index >= 15 is 0 Å². The van der Waals surface area contributed by atoms with Gasteiger partial charge in [-0.05, 0) is 37.4 Å². The number of nitrogens with zero attached hydrogens (tertiary/aromatic N) is 1. The molecule has 0 bridgehead atoms. The monoisotopic (exact) mass is 262 g/mol. The van der Waals surface area contributed by atoms with Crippen LogP contribution in [-0.2, 0) is 6.42 Å². The molecule has 0 saturated heterocycles. The van der Waals surface area contributed by atoms with Crippen LogP contribution in [0.15, 0.2) is 22.6 Å². The lowest BCUT2D eigenvalue weighted by Gasteiger charge is -2.11. The predicted octanol–water partition coefficient (Wildman–Crippen LogP) is 3.14. The second kappa shape index (κ2) is 6.57. The van der Waals surface area contributed by atoms with E-state index in [0.29, 0.717) is 5.92 Å². The number of aryl methyl sites for hydroxylation is 1. The number of aromatic nitrogens is 1. The van der Waals surface area contributed by atoms with Gasteiger partial charge in [-0.1, -0.05) is 13.3 Å². The molecule has 2 aromatic rings. The van der Waals surface area contributed by atoms with Gasteiger partial charge in [0.1, 0.15) is 11.3 Å². The molecule has 1 atom stereocenters. The average molecular weight is 262 g/mol. The fourth-order valence-corrected chi connectivity index (χ4v) is 2.30. The van der Waals surface area contributed by atoms with E-state index in [2.05, 4.69) is 11.9 Å². The van der Waals surface area contributed by atoms with Crippen LogP contribution >= 0.6 is 0 Å². The standard InChI is InChI=1S/C15H22N2O2/c1-3-11(8-9-16)4-7-15-17-13-6-5-12(18-2)10-14(13)19-15/h5-6,10-11H,3-4,7-9,16H2,1-2H3. The summed E-state index contributed by atoms with van der Waals surface area (Å²) in [6.07, 6.45) is 4.18. The van der Waals surface area contributed by atoms with Crippen molar-refractivity contribution in [3.05, 3.63) is 24.1 Å². The zero-order valence-corrected chi connectivity index (χ0v) is 11.7. The third kappa shape index (κ3) is 3.47. The molecule has 2 N–H and O–H groups in total. The second-order valence-corrected chi connectivity index (χ2v) is 4.83. The maximum atomic E-state index is 5.76. The molecule has 0 fully saturated rings. The first-order valence-electron chi connectivity index (χ1n) is 6.90. The Bertz CT molecular complexity index is 522. The summed E-state index contributed by atoms with van der Waals surface area (Å²) in [5.74, 6) is 2.26. The molecule has 1 aromatic carbocycles. The molecule has 1 unspecified atom stereocenters. The molecule has 19 heavy (non-hydrogen) atoms. The van der Waals surface area contributed by atoms with Crippen LogP contribution in [0.3, 0.4) is 0 Å². The molecule has 0 radical (unpaired) electrons. The Morgan fingerprint density at radius 2 is 2.21 bits per heavy atom. The Kier molecular flexibility index (Phi) is 4.80. The number of ether oxygens (including phenoxy) is 1. The van der Waals surface area contributed by atoms with Gasteiger partial charge >= 0.3 is 0 Å². The fourth-order valence-electron chi connectivity index (χ4n) is 2.30. The van der Waals surface area contributed by atoms with Gasteiger partial charge in [-0.3, -0.25) is 0 Å². The molecule has 1 aromatic heterocycles. The molecule has 0 aliphatic rings. The first-order chi connectivity index (χ1) is 9.26. The molecule has 2 rings (SSSR count). The highest BCUT2D eigenvalue weighted by Gasteiger charge is 2.10. The summed E-state index contributed by atoms with van der Waals surface area (Å²) < 4.78 is 10.9. The van der Waals surface area contributed by atoms with Crippen LogP contribution in [-0.4, -0.2) is 18.6 Å². The molecule has 4 nitrogen and oxygen atoms in total. The van der Waals surface area contributed by atoms with Gasteiger partial charge < -0.3 is 14.9 Å². The molecule has 0 aliphatic carbocycles. The summed E-state index contributed by atoms with van der Waals surface area (Å²) in [7, 11) is 1.65. The third-order valence-electron chi connectivity index (χ3n) is 3.56. The van der Waals surface area contributed by atoms with Crippen molar-refractivity contribution in [2.45, 2.75) is 32.6 Å². The van der Waals surface area contributed by atoms with E-state index in [4.69, 9.17) is 14.9 Å². The Hall–Kier alpha value is -1.55. The molecule has 0 saturated carbocycles. The van der Waals surface area contributed by atoms with Crippen molar-refractivity contribution in [3.8, 4) is 5.75 Å². The van der Waals surface area contributed by atoms with Gasteiger partial charge in [0.2, 0.25) is 0 Å². The first kappa shape index (κ1) is 13.9. The summed E-state index contributed by atoms with van der Waals surface area (Å²) in [6.45, 7) is 2.96. The summed E-state index contributed by atoms with van der Waals surface area (Å²) in [6, 6.07) is 5.71. The van der Waals surface area contributed by atoms with Gasteiger partial charge in [0.15, 0.2) is 11.5 Å². The van der Waals surface area contributed by atoms with E-state index in [1.807, 2.05) is 18.2 Å². The Balaban J connectivity index is 2.04. The number of hydrogen-bond donors (Lipinski definition) is 1. The maximum Gasteiger partial charge on any atom is 0.195 e. The van der Waals surface area contributed by atoms with Crippen molar-refractivity contribution in [1.82, 2.24) is 4.98 Å². The Morgan fingerprint density at radius 1 is 1.37 bits per heavy atom. The van der Waals surface area contributed by atoms with Crippen molar-refractivity contribution in [2.24, 2.45) is 11.7 Å². The van der Waals surface area contributed by atoms with Gasteiger partial charge in [0.05, 0.1) is 7.11 Å². The molecule has 0 aliphatic heterocycles. The smallest absolute Gasteiger partial charge is 0.195 e. The minimum atomic E-state index is 0.662. The van der Waals surface area contributed by atoms with Crippen molar-refractivity contribution >= 4 is 11.1 Å². The van der Waals surface area contributed by atoms with Crippen LogP contribution in [0.4, 0.5) is 0 Å². The number of fused-ring (bicyclic) bond motifs is 1. The summed E-state index contributed by atoms with van der Waals surface area (Å²) in [4.78, 5) is 4.50. The molecule has 4 heteroatoms. The van der Waals surface area contributed by atoms with Crippen LogP contribution in [0, 0.1) is 5.92 Å². The largest absolute Gasteiger partial charge is 0.497 e. The minimum absolute atomic E-state index is 0.662. The van der Waals surface area contributed by atoms with Gasteiger partial charge in [0, 0.05) is 12.5 Å². The van der Waals surface area contributed by atoms with E-state index in [0.717, 1.165) is 55.0 Å². The van der Waals surface area contributed by atoms with Gasteiger partial charge in [-0.2, -0.15) is 0 Å². The van der Waals surface area contributed by atoms with Crippen LogP contribution in [0.5, 0.6) is 5.75 Å². The quantitative estimate of drug-likeness (QED) is 0.832. The van der Waals surface area contributed by atoms with Crippen molar-refractivity contribution in [3.63, 3.8) is 0 Å². The van der Waals surface area contributed by atoms with Gasteiger partial charge in [0.25, 0.3) is 0 Å². The van der Waals surface area contributed by atoms with Crippen molar-refractivity contribution < 1.29 is 9.15 Å². The molecule has 0 amide bonds. The number of oxazole rings is 1. The summed E-state index contributed by atoms with van der Waals surface area (Å²) >= 11 is 0. The van der Waals surface area contributed by atoms with E-state index < -0.39 is 0 Å². The van der Waals surface area contributed by atoms with Crippen LogP contribution in [0.25, 0.3) is 11.1 Å². The second-order valence-electron chi connectivity index (χ2n) is 4.83. The number of benzene rings is 1. The highest BCUT2D eigenvalue weighted by atomic mass is 16.5. The van der Waals surface area contributed by atoms with E-state index in [-0.39, 0.29) is 0 Å². The highest BCUT2D eigenvalue weighted by Crippen LogP contribution is 2.23. The lowest BCUT2D eigenvalue weighted by molar-refractivity contribution is 0.409. The first-order valence-corrected chi connectivity index (χ1v) is 6.90. The number of nitrogens with two attached hydrogens (primary N) is 1. The zero-order valence-electron chi connectivity index (χ0n) is 11.7. The normalized spacial score (nSPS) is 12.8. The molecule has 104 valence electrons. The highest BCUT2D eigenvalue weighted by molar-refractivity contribution is 5.74. The SMILES string of the molecule is CCC(CCN)CCc1nc2ccc(OC)cc2o1. The fraction of sp³-hybridized carbons (Fsp3) is 0.533. The van der Waals surface area contributed by atoms with Gasteiger partial charge in [-0.25, -0.2) is 4.98 Å². The Labute approximate surface area is 114 Å². The van der Waals surface area contributed by atoms with Crippen LogP contribution in [0.2, 0.25) is 0 Å². The topological polar surface area (TPSA) is 61.3 Å². The van der Waals surface area contributed by atoms with Crippen LogP contribution < -0.4 is 10.5 Å². The number of rotatable bonds is 7. The number of hydrogen-bond acceptors (Lipinski definition) is 4. The lowest BCUT2D eigenvalue weighted by atomic mass is 9.97. The summed E-state index contributed by atoms with van der Waals surface area (Å²) in [5.41, 5.74) is 7.30.